The Morgan fingerprint density at radius 2 is 1.77 bits per heavy atom. The molecule has 0 saturated heterocycles. The van der Waals surface area contributed by atoms with Gasteiger partial charge in [-0.05, 0) is 56.0 Å². The summed E-state index contributed by atoms with van der Waals surface area (Å²) in [7, 11) is 0. The van der Waals surface area contributed by atoms with Crippen molar-refractivity contribution >= 4 is 23.1 Å². The summed E-state index contributed by atoms with van der Waals surface area (Å²) < 4.78 is 12.8. The minimum Gasteiger partial charge on any atom is -0.490 e. The second-order valence-electron chi connectivity index (χ2n) is 8.90. The Morgan fingerprint density at radius 3 is 2.48 bits per heavy atom. The van der Waals surface area contributed by atoms with E-state index in [0.717, 1.165) is 10.4 Å². The predicted octanol–water partition coefficient (Wildman–Crippen LogP) is 5.63. The van der Waals surface area contributed by atoms with Crippen LogP contribution in [0, 0.1) is 6.92 Å². The number of aryl methyl sites for hydroxylation is 1. The maximum absolute atomic E-state index is 13.4. The largest absolute Gasteiger partial charge is 0.490 e. The van der Waals surface area contributed by atoms with Crippen molar-refractivity contribution in [3.8, 4) is 28.0 Å². The molecule has 2 N–H and O–H groups in total. The lowest BCUT2D eigenvalue weighted by Crippen LogP contribution is -2.22. The number of carbonyl (C=O) groups excluding carboxylic acids is 1. The molecule has 0 spiro atoms. The maximum atomic E-state index is 13.4. The summed E-state index contributed by atoms with van der Waals surface area (Å²) in [6, 6.07) is 20.4. The van der Waals surface area contributed by atoms with Gasteiger partial charge in [0, 0.05) is 23.6 Å². The minimum absolute atomic E-state index is 0.208. The molecule has 3 heterocycles. The highest BCUT2D eigenvalue weighted by atomic mass is 32.1. The zero-order valence-electron chi connectivity index (χ0n) is 22.4. The number of nitrogens with one attached hydrogen (secondary N) is 2. The number of thiophene rings is 1. The lowest BCUT2D eigenvalue weighted by Gasteiger charge is -2.13. The van der Waals surface area contributed by atoms with Crippen LogP contribution < -0.4 is 20.3 Å². The van der Waals surface area contributed by atoms with Gasteiger partial charge in [0.2, 0.25) is 5.95 Å². The molecule has 0 aliphatic heterocycles. The predicted molar refractivity (Wildman–Crippen MR) is 156 cm³/mol. The number of rotatable bonds is 10. The molecule has 0 aliphatic rings. The van der Waals surface area contributed by atoms with Gasteiger partial charge in [-0.2, -0.15) is 9.78 Å². The van der Waals surface area contributed by atoms with Gasteiger partial charge in [0.1, 0.15) is 11.5 Å². The van der Waals surface area contributed by atoms with E-state index in [4.69, 9.17) is 9.47 Å². The topological polar surface area (TPSA) is 111 Å². The Kier molecular flexibility index (Phi) is 8.07. The number of aromatic amines is 1. The number of hydrogen-bond donors (Lipinski definition) is 2. The number of hydrogen-bond acceptors (Lipinski definition) is 7. The van der Waals surface area contributed by atoms with Crippen LogP contribution in [0.15, 0.2) is 76.9 Å². The van der Waals surface area contributed by atoms with Crippen LogP contribution in [-0.4, -0.2) is 38.9 Å². The van der Waals surface area contributed by atoms with E-state index >= 15 is 0 Å². The summed E-state index contributed by atoms with van der Waals surface area (Å²) in [6.45, 7) is 6.46. The van der Waals surface area contributed by atoms with Crippen molar-refractivity contribution in [1.82, 2.24) is 19.7 Å². The minimum atomic E-state index is -0.373. The van der Waals surface area contributed by atoms with Crippen molar-refractivity contribution in [1.29, 1.82) is 0 Å². The van der Waals surface area contributed by atoms with Crippen LogP contribution in [0.5, 0.6) is 11.5 Å². The van der Waals surface area contributed by atoms with Crippen LogP contribution in [0.4, 0.5) is 5.82 Å². The first kappa shape index (κ1) is 26.9. The molecule has 0 bridgehead atoms. The van der Waals surface area contributed by atoms with Gasteiger partial charge in [-0.15, -0.1) is 11.3 Å². The summed E-state index contributed by atoms with van der Waals surface area (Å²) in [5.74, 6) is 1.25. The number of anilines is 1. The zero-order chi connectivity index (χ0) is 28.1. The number of aromatic nitrogens is 4. The third-order valence-corrected chi connectivity index (χ3v) is 7.06. The highest BCUT2D eigenvalue weighted by molar-refractivity contribution is 7.13. The molecule has 9 nitrogen and oxygen atoms in total. The Bertz CT molecular complexity index is 1680. The van der Waals surface area contributed by atoms with E-state index in [1.165, 1.54) is 16.0 Å². The van der Waals surface area contributed by atoms with Gasteiger partial charge >= 0.3 is 0 Å². The molecule has 0 radical (unpaired) electrons. The second-order valence-corrected chi connectivity index (χ2v) is 9.85. The quantitative estimate of drug-likeness (QED) is 0.231. The average molecular weight is 556 g/mol. The summed E-state index contributed by atoms with van der Waals surface area (Å²) in [6.07, 6.45) is 0.457. The van der Waals surface area contributed by atoms with E-state index < -0.39 is 0 Å². The van der Waals surface area contributed by atoms with E-state index in [-0.39, 0.29) is 17.4 Å². The summed E-state index contributed by atoms with van der Waals surface area (Å²) in [5, 5.41) is 9.56. The summed E-state index contributed by atoms with van der Waals surface area (Å²) in [4.78, 5) is 35.0. The third kappa shape index (κ3) is 5.81. The van der Waals surface area contributed by atoms with Crippen LogP contribution in [0.25, 0.3) is 16.5 Å². The molecule has 3 aromatic heterocycles. The molecule has 2 aromatic carbocycles. The Balaban J connectivity index is 1.51. The lowest BCUT2D eigenvalue weighted by atomic mass is 10.1. The van der Waals surface area contributed by atoms with Gasteiger partial charge < -0.3 is 14.8 Å². The fraction of sp³-hybridized carbons (Fsp3) is 0.200. The van der Waals surface area contributed by atoms with Crippen molar-refractivity contribution in [3.05, 3.63) is 105 Å². The monoisotopic (exact) mass is 555 g/mol. The number of H-pyrrole nitrogens is 1. The first-order valence-corrected chi connectivity index (χ1v) is 13.8. The van der Waals surface area contributed by atoms with Crippen molar-refractivity contribution in [2.45, 2.75) is 27.2 Å². The van der Waals surface area contributed by atoms with Crippen LogP contribution in [0.1, 0.15) is 41.0 Å². The van der Waals surface area contributed by atoms with Gasteiger partial charge in [-0.1, -0.05) is 36.4 Å². The van der Waals surface area contributed by atoms with Gasteiger partial charge in [0.05, 0.1) is 23.8 Å². The maximum Gasteiger partial charge on any atom is 0.256 e. The highest BCUT2D eigenvalue weighted by Gasteiger charge is 2.19. The molecule has 5 rings (SSSR count). The normalized spacial score (nSPS) is 10.9. The Hall–Kier alpha value is -4.70. The Morgan fingerprint density at radius 1 is 1.00 bits per heavy atom. The first-order valence-electron chi connectivity index (χ1n) is 13.0. The van der Waals surface area contributed by atoms with Crippen LogP contribution in [0.2, 0.25) is 0 Å². The molecule has 204 valence electrons. The number of nitrogens with zero attached hydrogens (tertiary/aromatic N) is 3. The number of ether oxygens (including phenoxy) is 2. The van der Waals surface area contributed by atoms with Crippen LogP contribution in [-0.2, 0) is 6.42 Å². The van der Waals surface area contributed by atoms with E-state index in [1.54, 1.807) is 31.2 Å². The van der Waals surface area contributed by atoms with Crippen molar-refractivity contribution in [2.24, 2.45) is 0 Å². The molecule has 0 atom stereocenters. The van der Waals surface area contributed by atoms with Gasteiger partial charge in [-0.3, -0.25) is 14.6 Å². The third-order valence-electron chi connectivity index (χ3n) is 6.16. The van der Waals surface area contributed by atoms with Crippen molar-refractivity contribution in [2.75, 3.05) is 18.5 Å². The fourth-order valence-electron chi connectivity index (χ4n) is 4.26. The smallest absolute Gasteiger partial charge is 0.256 e. The van der Waals surface area contributed by atoms with Crippen LogP contribution >= 0.6 is 11.3 Å². The molecule has 0 fully saturated rings. The van der Waals surface area contributed by atoms with Crippen molar-refractivity contribution < 1.29 is 14.3 Å². The van der Waals surface area contributed by atoms with Crippen molar-refractivity contribution in [3.63, 3.8) is 0 Å². The molecule has 10 heteroatoms. The van der Waals surface area contributed by atoms with Gasteiger partial charge in [0.25, 0.3) is 11.5 Å². The van der Waals surface area contributed by atoms with E-state index in [0.29, 0.717) is 59.5 Å². The lowest BCUT2D eigenvalue weighted by molar-refractivity contribution is 0.102. The average Bonchev–Trinajstić information content (AvgIpc) is 3.63. The SMILES string of the molecule is CCOc1ccc(C(=O)Nc2cc(-c3cccs3)nn2-c2nc(C)c(Cc3ccccc3)c(=O)[nH]2)cc1OCC. The number of amides is 1. The van der Waals surface area contributed by atoms with Gasteiger partial charge in [0.15, 0.2) is 11.5 Å². The highest BCUT2D eigenvalue weighted by Crippen LogP contribution is 2.30. The molecular formula is C30H29N5O4S. The second kappa shape index (κ2) is 12.0. The molecule has 0 unspecified atom stereocenters. The van der Waals surface area contributed by atoms with Gasteiger partial charge in [-0.25, -0.2) is 4.98 Å². The fourth-order valence-corrected chi connectivity index (χ4v) is 4.94. The molecule has 40 heavy (non-hydrogen) atoms. The number of carbonyl (C=O) groups is 1. The molecule has 1 amide bonds. The standard InChI is InChI=1S/C30H29N5O4S/c1-4-38-24-14-13-21(17-25(24)39-5-2)28(36)32-27-18-23(26-12-9-15-40-26)34-35(27)30-31-19(3)22(29(37)33-30)16-20-10-7-6-8-11-20/h6-15,17-18H,4-5,16H2,1-3H3,(H,32,36)(H,31,33,37). The summed E-state index contributed by atoms with van der Waals surface area (Å²) >= 11 is 1.52. The number of benzene rings is 2. The van der Waals surface area contributed by atoms with E-state index in [2.05, 4.69) is 20.4 Å². The van der Waals surface area contributed by atoms with E-state index in [1.807, 2.05) is 61.7 Å². The van der Waals surface area contributed by atoms with Crippen LogP contribution in [0.3, 0.4) is 0 Å². The molecule has 0 aliphatic carbocycles. The zero-order valence-corrected chi connectivity index (χ0v) is 23.2. The molecular weight excluding hydrogens is 526 g/mol. The molecule has 0 saturated carbocycles. The summed E-state index contributed by atoms with van der Waals surface area (Å²) in [5.41, 5.74) is 2.93. The first-order chi connectivity index (χ1) is 19.5. The Labute approximate surface area is 235 Å². The van der Waals surface area contributed by atoms with E-state index in [9.17, 15) is 9.59 Å². The molecule has 5 aromatic rings.